The average molecular weight is 259 g/mol. The fourth-order valence-corrected chi connectivity index (χ4v) is 1.63. The highest BCUT2D eigenvalue weighted by Crippen LogP contribution is 2.11. The van der Waals surface area contributed by atoms with Crippen molar-refractivity contribution in [2.75, 3.05) is 0 Å². The van der Waals surface area contributed by atoms with E-state index < -0.39 is 0 Å². The van der Waals surface area contributed by atoms with Crippen molar-refractivity contribution in [1.29, 1.82) is 0 Å². The molecule has 0 spiro atoms. The van der Waals surface area contributed by atoms with Crippen LogP contribution in [0.5, 0.6) is 0 Å². The molecule has 2 aromatic heterocycles. The van der Waals surface area contributed by atoms with E-state index in [9.17, 15) is 4.79 Å². The van der Waals surface area contributed by atoms with E-state index in [1.807, 2.05) is 6.07 Å². The molecule has 0 aliphatic heterocycles. The minimum Gasteiger partial charge on any atom is -0.282 e. The molecule has 66 valence electrons. The molecule has 0 atom stereocenters. The van der Waals surface area contributed by atoms with Crippen molar-refractivity contribution in [1.82, 2.24) is 4.40 Å². The molecule has 0 aromatic carbocycles. The number of halogens is 2. The van der Waals surface area contributed by atoms with Crippen LogP contribution in [-0.4, -0.2) is 4.40 Å². The first-order chi connectivity index (χ1) is 6.18. The lowest BCUT2D eigenvalue weighted by molar-refractivity contribution is 1.08. The van der Waals surface area contributed by atoms with Gasteiger partial charge >= 0.3 is 0 Å². The van der Waals surface area contributed by atoms with Gasteiger partial charge < -0.3 is 0 Å². The first-order valence-corrected chi connectivity index (χ1v) is 4.82. The second kappa shape index (κ2) is 3.16. The summed E-state index contributed by atoms with van der Waals surface area (Å²) in [6.07, 6.45) is 1.60. The molecule has 0 aliphatic rings. The first kappa shape index (κ1) is 8.78. The van der Waals surface area contributed by atoms with Gasteiger partial charge in [0.2, 0.25) is 0 Å². The summed E-state index contributed by atoms with van der Waals surface area (Å²) in [4.78, 5) is 11.5. The number of nitrogens with zero attached hydrogens (tertiary/aromatic N) is 1. The summed E-state index contributed by atoms with van der Waals surface area (Å²) >= 11 is 8.93. The van der Waals surface area contributed by atoms with E-state index >= 15 is 0 Å². The Hall–Kier alpha value is -0.800. The first-order valence-electron chi connectivity index (χ1n) is 3.65. The monoisotopic (exact) mass is 257 g/mol. The van der Waals surface area contributed by atoms with Crippen molar-refractivity contribution >= 4 is 33.0 Å². The number of hydrogen-bond donors (Lipinski definition) is 0. The molecule has 2 nitrogen and oxygen atoms in total. The number of rotatable bonds is 0. The molecule has 2 rings (SSSR count). The molecule has 0 radical (unpaired) electrons. The molecular weight excluding hydrogens is 253 g/mol. The zero-order valence-corrected chi connectivity index (χ0v) is 8.84. The van der Waals surface area contributed by atoms with Gasteiger partial charge in [0.25, 0.3) is 5.56 Å². The normalized spacial score (nSPS) is 10.6. The van der Waals surface area contributed by atoms with Crippen molar-refractivity contribution in [2.24, 2.45) is 0 Å². The number of pyridine rings is 2. The molecule has 0 saturated heterocycles. The fourth-order valence-electron chi connectivity index (χ4n) is 1.14. The van der Waals surface area contributed by atoms with Gasteiger partial charge in [0.1, 0.15) is 0 Å². The van der Waals surface area contributed by atoms with Crippen molar-refractivity contribution in [3.8, 4) is 0 Å². The topological polar surface area (TPSA) is 21.5 Å². The molecule has 0 aliphatic carbocycles. The van der Waals surface area contributed by atoms with E-state index in [0.717, 1.165) is 5.52 Å². The molecule has 0 amide bonds. The van der Waals surface area contributed by atoms with Crippen molar-refractivity contribution < 1.29 is 0 Å². The quantitative estimate of drug-likeness (QED) is 0.712. The van der Waals surface area contributed by atoms with Gasteiger partial charge in [-0.15, -0.1) is 0 Å². The van der Waals surface area contributed by atoms with Crippen molar-refractivity contribution in [2.45, 2.75) is 0 Å². The Morgan fingerprint density at radius 3 is 2.69 bits per heavy atom. The molecule has 2 heterocycles. The van der Waals surface area contributed by atoms with Crippen LogP contribution in [0.3, 0.4) is 0 Å². The van der Waals surface area contributed by atoms with Gasteiger partial charge in [-0.1, -0.05) is 11.6 Å². The molecule has 0 saturated carbocycles. The standard InChI is InChI=1S/C9H5BrClNO/c10-8-4-3-7-2-1-6(11)5-12(7)9(8)13/h1-5H. The highest BCUT2D eigenvalue weighted by atomic mass is 79.9. The maximum atomic E-state index is 11.5. The molecule has 0 fully saturated rings. The van der Waals surface area contributed by atoms with Gasteiger partial charge in [-0.3, -0.25) is 9.20 Å². The van der Waals surface area contributed by atoms with E-state index in [4.69, 9.17) is 11.6 Å². The second-order valence-corrected chi connectivity index (χ2v) is 3.92. The lowest BCUT2D eigenvalue weighted by atomic mass is 10.3. The van der Waals surface area contributed by atoms with Crippen LogP contribution in [0, 0.1) is 0 Å². The van der Waals surface area contributed by atoms with Crippen LogP contribution in [0.2, 0.25) is 5.02 Å². The summed E-state index contributed by atoms with van der Waals surface area (Å²) in [7, 11) is 0. The van der Waals surface area contributed by atoms with Crippen molar-refractivity contribution in [3.63, 3.8) is 0 Å². The summed E-state index contributed by atoms with van der Waals surface area (Å²) in [5, 5.41) is 0.549. The molecule has 2 aromatic rings. The Labute approximate surface area is 87.9 Å². The third-order valence-corrected chi connectivity index (χ3v) is 2.59. The molecule has 13 heavy (non-hydrogen) atoms. The third kappa shape index (κ3) is 1.49. The Balaban J connectivity index is 2.97. The Kier molecular flexibility index (Phi) is 2.14. The van der Waals surface area contributed by atoms with E-state index in [1.165, 1.54) is 4.40 Å². The minimum atomic E-state index is -0.0972. The Morgan fingerprint density at radius 1 is 1.23 bits per heavy atom. The van der Waals surface area contributed by atoms with Crippen molar-refractivity contribution in [3.05, 3.63) is 50.3 Å². The van der Waals surface area contributed by atoms with Gasteiger partial charge in [0, 0.05) is 11.7 Å². The zero-order valence-electron chi connectivity index (χ0n) is 6.50. The SMILES string of the molecule is O=c1c(Br)ccc2ccc(Cl)cn12. The number of aromatic nitrogens is 1. The predicted octanol–water partition coefficient (Wildman–Crippen LogP) is 2.72. The van der Waals surface area contributed by atoms with Gasteiger partial charge in [0.15, 0.2) is 0 Å². The Morgan fingerprint density at radius 2 is 1.92 bits per heavy atom. The Bertz CT molecular complexity index is 515. The fraction of sp³-hybridized carbons (Fsp3) is 0. The van der Waals surface area contributed by atoms with E-state index in [1.54, 1.807) is 24.4 Å². The maximum Gasteiger partial charge on any atom is 0.269 e. The molecule has 4 heteroatoms. The summed E-state index contributed by atoms with van der Waals surface area (Å²) in [6.45, 7) is 0. The van der Waals surface area contributed by atoms with Gasteiger partial charge in [0.05, 0.1) is 9.50 Å². The number of fused-ring (bicyclic) bond motifs is 1. The molecular formula is C9H5BrClNO. The average Bonchev–Trinajstić information content (AvgIpc) is 2.12. The highest BCUT2D eigenvalue weighted by Gasteiger charge is 1.99. The van der Waals surface area contributed by atoms with E-state index in [-0.39, 0.29) is 5.56 Å². The highest BCUT2D eigenvalue weighted by molar-refractivity contribution is 9.10. The van der Waals surface area contributed by atoms with Crippen LogP contribution >= 0.6 is 27.5 Å². The molecule has 0 N–H and O–H groups in total. The summed E-state index contributed by atoms with van der Waals surface area (Å²) < 4.78 is 2.04. The van der Waals surface area contributed by atoms with Crippen LogP contribution in [0.15, 0.2) is 39.7 Å². The summed E-state index contributed by atoms with van der Waals surface area (Å²) in [5.74, 6) is 0. The van der Waals surface area contributed by atoms with Gasteiger partial charge in [-0.2, -0.15) is 0 Å². The largest absolute Gasteiger partial charge is 0.282 e. The van der Waals surface area contributed by atoms with E-state index in [2.05, 4.69) is 15.9 Å². The lowest BCUT2D eigenvalue weighted by Gasteiger charge is -2.00. The summed E-state index contributed by atoms with van der Waals surface area (Å²) in [5.41, 5.74) is 0.734. The van der Waals surface area contributed by atoms with Gasteiger partial charge in [-0.25, -0.2) is 0 Å². The number of hydrogen-bond acceptors (Lipinski definition) is 1. The lowest BCUT2D eigenvalue weighted by Crippen LogP contribution is -2.13. The second-order valence-electron chi connectivity index (χ2n) is 2.63. The summed E-state index contributed by atoms with van der Waals surface area (Å²) in [6, 6.07) is 7.13. The van der Waals surface area contributed by atoms with Crippen LogP contribution in [0.4, 0.5) is 0 Å². The molecule has 0 bridgehead atoms. The smallest absolute Gasteiger partial charge is 0.269 e. The maximum absolute atomic E-state index is 11.5. The van der Waals surface area contributed by atoms with Crippen LogP contribution in [0.1, 0.15) is 0 Å². The molecule has 0 unspecified atom stereocenters. The minimum absolute atomic E-state index is 0.0972. The zero-order chi connectivity index (χ0) is 9.42. The van der Waals surface area contributed by atoms with Crippen LogP contribution in [-0.2, 0) is 0 Å². The van der Waals surface area contributed by atoms with Gasteiger partial charge in [-0.05, 0) is 40.2 Å². The van der Waals surface area contributed by atoms with Crippen LogP contribution < -0.4 is 5.56 Å². The van der Waals surface area contributed by atoms with E-state index in [0.29, 0.717) is 9.50 Å². The van der Waals surface area contributed by atoms with Crippen LogP contribution in [0.25, 0.3) is 5.52 Å². The third-order valence-electron chi connectivity index (χ3n) is 1.77. The predicted molar refractivity (Wildman–Crippen MR) is 56.4 cm³/mol.